The first-order valence-electron chi connectivity index (χ1n) is 6.73. The van der Waals surface area contributed by atoms with Crippen LogP contribution in [0.4, 0.5) is 15.8 Å². The third-order valence-corrected chi connectivity index (χ3v) is 3.88. The highest BCUT2D eigenvalue weighted by Crippen LogP contribution is 2.37. The molecule has 0 spiro atoms. The quantitative estimate of drug-likeness (QED) is 0.658. The molecule has 2 aromatic carbocycles. The van der Waals surface area contributed by atoms with Crippen molar-refractivity contribution in [2.75, 3.05) is 11.4 Å². The van der Waals surface area contributed by atoms with Gasteiger partial charge in [-0.2, -0.15) is 0 Å². The summed E-state index contributed by atoms with van der Waals surface area (Å²) < 4.78 is 13.9. The van der Waals surface area contributed by atoms with Gasteiger partial charge >= 0.3 is 0 Å². The molecule has 1 aliphatic rings. The number of hydrogen-bond donors (Lipinski definition) is 0. The predicted octanol–water partition coefficient (Wildman–Crippen LogP) is 4.07. The maximum Gasteiger partial charge on any atom is 0.149 e. The molecule has 0 aliphatic carbocycles. The minimum atomic E-state index is -0.267. The topological polar surface area (TPSA) is 16.1 Å². The summed E-state index contributed by atoms with van der Waals surface area (Å²) in [5.74, 6) is -0.267. The Hall–Kier alpha value is -2.42. The Labute approximate surface area is 116 Å². The van der Waals surface area contributed by atoms with Gasteiger partial charge in [0.15, 0.2) is 0 Å². The normalized spacial score (nSPS) is 13.8. The largest absolute Gasteiger partial charge is 0.340 e. The first-order valence-corrected chi connectivity index (χ1v) is 6.73. The molecular formula is C17H13FN2. The molecule has 0 bridgehead atoms. The number of benzene rings is 2. The number of halogens is 1. The van der Waals surface area contributed by atoms with Crippen molar-refractivity contribution in [2.24, 2.45) is 0 Å². The summed E-state index contributed by atoms with van der Waals surface area (Å²) in [6.45, 7) is 0.926. The lowest BCUT2D eigenvalue weighted by molar-refractivity contribution is 0.637. The van der Waals surface area contributed by atoms with Crippen LogP contribution >= 0.6 is 0 Å². The van der Waals surface area contributed by atoms with Gasteiger partial charge in [-0.3, -0.25) is 4.98 Å². The zero-order valence-corrected chi connectivity index (χ0v) is 10.9. The van der Waals surface area contributed by atoms with E-state index in [1.165, 1.54) is 17.3 Å². The fraction of sp³-hybridized carbons (Fsp3) is 0.118. The van der Waals surface area contributed by atoms with Crippen LogP contribution in [-0.4, -0.2) is 11.5 Å². The van der Waals surface area contributed by atoms with Crippen molar-refractivity contribution in [3.8, 4) is 0 Å². The van der Waals surface area contributed by atoms with Crippen LogP contribution in [0.1, 0.15) is 5.56 Å². The highest BCUT2D eigenvalue weighted by atomic mass is 19.1. The van der Waals surface area contributed by atoms with E-state index in [-0.39, 0.29) is 5.82 Å². The first-order chi connectivity index (χ1) is 9.84. The summed E-state index contributed by atoms with van der Waals surface area (Å²) in [4.78, 5) is 6.42. The molecule has 0 amide bonds. The van der Waals surface area contributed by atoms with Crippen molar-refractivity contribution in [1.29, 1.82) is 0 Å². The van der Waals surface area contributed by atoms with E-state index in [9.17, 15) is 4.39 Å². The summed E-state index contributed by atoms with van der Waals surface area (Å²) in [5.41, 5.74) is 4.02. The van der Waals surface area contributed by atoms with Crippen molar-refractivity contribution < 1.29 is 4.39 Å². The highest BCUT2D eigenvalue weighted by molar-refractivity contribution is 5.94. The molecule has 20 heavy (non-hydrogen) atoms. The second kappa shape index (κ2) is 4.30. The summed E-state index contributed by atoms with van der Waals surface area (Å²) in [6, 6.07) is 15.5. The highest BCUT2D eigenvalue weighted by Gasteiger charge is 2.21. The number of anilines is 2. The van der Waals surface area contributed by atoms with Crippen molar-refractivity contribution >= 4 is 22.3 Å². The van der Waals surface area contributed by atoms with E-state index in [2.05, 4.69) is 28.1 Å². The summed E-state index contributed by atoms with van der Waals surface area (Å²) in [7, 11) is 0. The molecule has 0 saturated carbocycles. The molecule has 1 aromatic heterocycles. The van der Waals surface area contributed by atoms with Gasteiger partial charge in [-0.15, -0.1) is 0 Å². The van der Waals surface area contributed by atoms with E-state index in [0.717, 1.165) is 24.0 Å². The molecule has 4 rings (SSSR count). The predicted molar refractivity (Wildman–Crippen MR) is 78.9 cm³/mol. The van der Waals surface area contributed by atoms with E-state index in [1.807, 2.05) is 18.2 Å². The standard InChI is InChI=1S/C17H13FN2/c18-14-6-3-5-13-16(8-10-19-17(13)14)20-11-9-12-4-1-2-7-15(12)20/h1-8,10H,9,11H2. The van der Waals surface area contributed by atoms with Gasteiger partial charge in [0.2, 0.25) is 0 Å². The molecule has 0 radical (unpaired) electrons. The molecule has 0 unspecified atom stereocenters. The zero-order chi connectivity index (χ0) is 13.5. The smallest absolute Gasteiger partial charge is 0.149 e. The molecule has 3 aromatic rings. The molecule has 2 heterocycles. The molecule has 0 saturated heterocycles. The Bertz CT molecular complexity index is 798. The van der Waals surface area contributed by atoms with Crippen LogP contribution in [0.5, 0.6) is 0 Å². The molecule has 3 heteroatoms. The Morgan fingerprint density at radius 3 is 2.80 bits per heavy atom. The minimum Gasteiger partial charge on any atom is -0.340 e. The zero-order valence-electron chi connectivity index (χ0n) is 10.9. The molecular weight excluding hydrogens is 251 g/mol. The van der Waals surface area contributed by atoms with E-state index in [4.69, 9.17) is 0 Å². The Morgan fingerprint density at radius 1 is 0.950 bits per heavy atom. The fourth-order valence-electron chi connectivity index (χ4n) is 2.95. The van der Waals surface area contributed by atoms with Crippen LogP contribution < -0.4 is 4.90 Å². The Balaban J connectivity index is 1.94. The van der Waals surface area contributed by atoms with Gasteiger partial charge in [0, 0.05) is 23.8 Å². The van der Waals surface area contributed by atoms with Gasteiger partial charge in [-0.05, 0) is 30.2 Å². The maximum atomic E-state index is 13.9. The van der Waals surface area contributed by atoms with Crippen molar-refractivity contribution in [3.05, 3.63) is 66.1 Å². The van der Waals surface area contributed by atoms with Crippen molar-refractivity contribution in [2.45, 2.75) is 6.42 Å². The molecule has 1 aliphatic heterocycles. The van der Waals surface area contributed by atoms with Gasteiger partial charge < -0.3 is 4.90 Å². The number of aromatic nitrogens is 1. The van der Waals surface area contributed by atoms with Gasteiger partial charge in [0.05, 0.1) is 5.69 Å². The van der Waals surface area contributed by atoms with Crippen molar-refractivity contribution in [1.82, 2.24) is 4.98 Å². The number of nitrogens with zero attached hydrogens (tertiary/aromatic N) is 2. The number of pyridine rings is 1. The van der Waals surface area contributed by atoms with Crippen LogP contribution in [0.25, 0.3) is 10.9 Å². The van der Waals surface area contributed by atoms with Crippen LogP contribution in [0, 0.1) is 5.82 Å². The average molecular weight is 264 g/mol. The lowest BCUT2D eigenvalue weighted by Crippen LogP contribution is -2.13. The Kier molecular flexibility index (Phi) is 2.46. The van der Waals surface area contributed by atoms with Gasteiger partial charge in [-0.1, -0.05) is 30.3 Å². The molecule has 2 nitrogen and oxygen atoms in total. The minimum absolute atomic E-state index is 0.267. The van der Waals surface area contributed by atoms with Crippen LogP contribution in [0.3, 0.4) is 0 Å². The number of para-hydroxylation sites is 2. The van der Waals surface area contributed by atoms with Crippen LogP contribution in [0.2, 0.25) is 0 Å². The van der Waals surface area contributed by atoms with E-state index in [0.29, 0.717) is 5.52 Å². The lowest BCUT2D eigenvalue weighted by atomic mass is 10.1. The second-order valence-corrected chi connectivity index (χ2v) is 5.00. The number of rotatable bonds is 1. The summed E-state index contributed by atoms with van der Waals surface area (Å²) in [6.07, 6.45) is 2.71. The van der Waals surface area contributed by atoms with Gasteiger partial charge in [0.25, 0.3) is 0 Å². The SMILES string of the molecule is Fc1cccc2c(N3CCc4ccccc43)ccnc12. The summed E-state index contributed by atoms with van der Waals surface area (Å²) in [5, 5.41) is 0.865. The van der Waals surface area contributed by atoms with E-state index < -0.39 is 0 Å². The third-order valence-electron chi connectivity index (χ3n) is 3.88. The number of hydrogen-bond acceptors (Lipinski definition) is 2. The lowest BCUT2D eigenvalue weighted by Gasteiger charge is -2.21. The number of fused-ring (bicyclic) bond motifs is 2. The molecule has 0 atom stereocenters. The second-order valence-electron chi connectivity index (χ2n) is 5.00. The summed E-state index contributed by atoms with van der Waals surface area (Å²) >= 11 is 0. The monoisotopic (exact) mass is 264 g/mol. The van der Waals surface area contributed by atoms with Crippen LogP contribution in [0.15, 0.2) is 54.7 Å². The first kappa shape index (κ1) is 11.4. The van der Waals surface area contributed by atoms with E-state index >= 15 is 0 Å². The molecule has 0 N–H and O–H groups in total. The maximum absolute atomic E-state index is 13.9. The fourth-order valence-corrected chi connectivity index (χ4v) is 2.95. The third kappa shape index (κ3) is 1.59. The van der Waals surface area contributed by atoms with Crippen molar-refractivity contribution in [3.63, 3.8) is 0 Å². The van der Waals surface area contributed by atoms with E-state index in [1.54, 1.807) is 12.3 Å². The van der Waals surface area contributed by atoms with Crippen LogP contribution in [-0.2, 0) is 6.42 Å². The average Bonchev–Trinajstić information content (AvgIpc) is 2.91. The Morgan fingerprint density at radius 2 is 1.85 bits per heavy atom. The van der Waals surface area contributed by atoms with Gasteiger partial charge in [0.1, 0.15) is 11.3 Å². The molecule has 0 fully saturated rings. The molecule has 98 valence electrons. The van der Waals surface area contributed by atoms with Gasteiger partial charge in [-0.25, -0.2) is 4.39 Å².